The van der Waals surface area contributed by atoms with Gasteiger partial charge in [0.25, 0.3) is 0 Å². The fourth-order valence-corrected chi connectivity index (χ4v) is 0.602. The molecule has 1 aromatic rings. The number of rotatable bonds is 1. The van der Waals surface area contributed by atoms with Gasteiger partial charge in [0.05, 0.1) is 19.7 Å². The Labute approximate surface area is 75.4 Å². The molecule has 0 heterocycles. The molecule has 0 N–H and O–H groups in total. The highest BCUT2D eigenvalue weighted by atomic mass is 79.9. The second-order valence-corrected chi connectivity index (χ2v) is 2.23. The summed E-state index contributed by atoms with van der Waals surface area (Å²) in [6.07, 6.45) is 0. The Hall–Kier alpha value is -0.570. The van der Waals surface area contributed by atoms with Gasteiger partial charge in [-0.25, -0.2) is 4.39 Å². The molecule has 54 valence electrons. The molecule has 1 rings (SSSR count). The summed E-state index contributed by atoms with van der Waals surface area (Å²) in [5.74, 6) is -1.88. The molecule has 0 saturated heterocycles. The standard InChI is InChI=1S/C7H6BrFO/c1-10-5-2-3-6(8)7(9)4-5/h2-4H,1H3/i1D3,2D,3D,4D. The lowest BCUT2D eigenvalue weighted by Gasteiger charge is -1.98. The second-order valence-electron chi connectivity index (χ2n) is 1.43. The molecule has 3 heteroatoms. The quantitative estimate of drug-likeness (QED) is 0.693. The largest absolute Gasteiger partial charge is 0.497 e. The Morgan fingerprint density at radius 2 is 2.60 bits per heavy atom. The van der Waals surface area contributed by atoms with Crippen molar-refractivity contribution in [2.45, 2.75) is 0 Å². The van der Waals surface area contributed by atoms with E-state index in [1.165, 1.54) is 0 Å². The van der Waals surface area contributed by atoms with Gasteiger partial charge in [-0.2, -0.15) is 0 Å². The molecule has 1 aromatic carbocycles. The third-order valence-electron chi connectivity index (χ3n) is 0.804. The van der Waals surface area contributed by atoms with E-state index in [-0.39, 0.29) is 4.47 Å². The van der Waals surface area contributed by atoms with E-state index < -0.39 is 36.7 Å². The minimum absolute atomic E-state index is 0.361. The van der Waals surface area contributed by atoms with Crippen LogP contribution in [0.2, 0.25) is 0 Å². The summed E-state index contributed by atoms with van der Waals surface area (Å²) >= 11 is 2.70. The maximum atomic E-state index is 13.3. The summed E-state index contributed by atoms with van der Waals surface area (Å²) in [7, 11) is -2.89. The maximum Gasteiger partial charge on any atom is 0.141 e. The van der Waals surface area contributed by atoms with Gasteiger partial charge in [-0.05, 0) is 28.0 Å². The van der Waals surface area contributed by atoms with Crippen molar-refractivity contribution in [3.63, 3.8) is 0 Å². The molecule has 0 fully saturated rings. The lowest BCUT2D eigenvalue weighted by atomic mass is 10.3. The van der Waals surface area contributed by atoms with Gasteiger partial charge in [-0.3, -0.25) is 0 Å². The number of methoxy groups -OCH3 is 1. The van der Waals surface area contributed by atoms with Gasteiger partial charge in [0, 0.05) is 6.04 Å². The van der Waals surface area contributed by atoms with Crippen LogP contribution in [0.1, 0.15) is 8.22 Å². The van der Waals surface area contributed by atoms with E-state index in [1.54, 1.807) is 0 Å². The smallest absolute Gasteiger partial charge is 0.141 e. The number of hydrogen-bond acceptors (Lipinski definition) is 1. The molecule has 0 atom stereocenters. The molecule has 1 nitrogen and oxygen atoms in total. The zero-order valence-electron chi connectivity index (χ0n) is 10.7. The minimum Gasteiger partial charge on any atom is -0.497 e. The summed E-state index contributed by atoms with van der Waals surface area (Å²) in [4.78, 5) is 0. The molecule has 0 bridgehead atoms. The van der Waals surface area contributed by atoms with Crippen LogP contribution >= 0.6 is 15.9 Å². The Balaban J connectivity index is 3.40. The number of benzene rings is 1. The zero-order valence-corrected chi connectivity index (χ0v) is 6.25. The first-order valence-electron chi connectivity index (χ1n) is 5.29. The van der Waals surface area contributed by atoms with E-state index in [2.05, 4.69) is 20.7 Å². The van der Waals surface area contributed by atoms with E-state index in [0.717, 1.165) is 0 Å². The Kier molecular flexibility index (Phi) is 0.848. The summed E-state index contributed by atoms with van der Waals surface area (Å²) in [5.41, 5.74) is 0. The number of hydrogen-bond donors (Lipinski definition) is 0. The molecule has 0 spiro atoms. The Bertz CT molecular complexity index is 403. The fraction of sp³-hybridized carbons (Fsp3) is 0.143. The van der Waals surface area contributed by atoms with Crippen LogP contribution in [-0.2, 0) is 0 Å². The van der Waals surface area contributed by atoms with Crippen LogP contribution in [0.5, 0.6) is 5.75 Å². The lowest BCUT2D eigenvalue weighted by molar-refractivity contribution is 0.411. The van der Waals surface area contributed by atoms with Crippen LogP contribution < -0.4 is 4.74 Å². The van der Waals surface area contributed by atoms with Crippen molar-refractivity contribution in [2.24, 2.45) is 0 Å². The molecule has 0 amide bonds. The fourth-order valence-electron chi connectivity index (χ4n) is 0.403. The number of halogens is 2. The van der Waals surface area contributed by atoms with Gasteiger partial charge in [0.2, 0.25) is 0 Å². The minimum atomic E-state index is -2.89. The molecule has 0 radical (unpaired) electrons. The maximum absolute atomic E-state index is 13.3. The molecular formula is C7H6BrFO. The third-order valence-corrected chi connectivity index (χ3v) is 1.35. The van der Waals surface area contributed by atoms with Crippen molar-refractivity contribution in [2.75, 3.05) is 7.04 Å². The Morgan fingerprint density at radius 3 is 3.30 bits per heavy atom. The Morgan fingerprint density at radius 1 is 1.80 bits per heavy atom. The summed E-state index contributed by atoms with van der Waals surface area (Å²) in [5, 5.41) is 0. The molecule has 0 aliphatic heterocycles. The highest BCUT2D eigenvalue weighted by Crippen LogP contribution is 2.20. The van der Waals surface area contributed by atoms with Gasteiger partial charge in [0.15, 0.2) is 0 Å². The summed E-state index contributed by atoms with van der Waals surface area (Å²) in [6.45, 7) is 0. The number of ether oxygens (including phenoxy) is 1. The van der Waals surface area contributed by atoms with E-state index in [1.807, 2.05) is 0 Å². The van der Waals surface area contributed by atoms with Crippen molar-refractivity contribution >= 4 is 15.9 Å². The SMILES string of the molecule is [2H]c1c([2H])c(OC([2H])([2H])[2H])c([2H])c(F)c1Br. The molecule has 0 aliphatic rings. The van der Waals surface area contributed by atoms with Gasteiger partial charge in [-0.1, -0.05) is 0 Å². The highest BCUT2D eigenvalue weighted by Gasteiger charge is 1.98. The first kappa shape index (κ1) is 2.81. The van der Waals surface area contributed by atoms with Crippen molar-refractivity contribution in [1.29, 1.82) is 0 Å². The van der Waals surface area contributed by atoms with Crippen LogP contribution in [0.25, 0.3) is 0 Å². The molecule has 0 aromatic heterocycles. The van der Waals surface area contributed by atoms with Crippen LogP contribution in [0, 0.1) is 5.82 Å². The average Bonchev–Trinajstić information content (AvgIpc) is 2.17. The predicted molar refractivity (Wildman–Crippen MR) is 40.7 cm³/mol. The molecule has 10 heavy (non-hydrogen) atoms. The van der Waals surface area contributed by atoms with E-state index in [9.17, 15) is 4.39 Å². The second kappa shape index (κ2) is 3.01. The monoisotopic (exact) mass is 210 g/mol. The first-order chi connectivity index (χ1) is 7.15. The predicted octanol–water partition coefficient (Wildman–Crippen LogP) is 2.60. The van der Waals surface area contributed by atoms with E-state index in [0.29, 0.717) is 0 Å². The topological polar surface area (TPSA) is 9.23 Å². The third kappa shape index (κ3) is 1.48. The molecule has 0 unspecified atom stereocenters. The lowest BCUT2D eigenvalue weighted by Crippen LogP contribution is -1.83. The van der Waals surface area contributed by atoms with Crippen LogP contribution in [0.15, 0.2) is 22.6 Å². The van der Waals surface area contributed by atoms with Crippen molar-refractivity contribution in [1.82, 2.24) is 0 Å². The average molecular weight is 211 g/mol. The van der Waals surface area contributed by atoms with Gasteiger partial charge >= 0.3 is 0 Å². The summed E-state index contributed by atoms with van der Waals surface area (Å²) in [6, 6.07) is -2.06. The van der Waals surface area contributed by atoms with E-state index >= 15 is 0 Å². The van der Waals surface area contributed by atoms with Crippen molar-refractivity contribution < 1.29 is 17.4 Å². The highest BCUT2D eigenvalue weighted by molar-refractivity contribution is 9.10. The van der Waals surface area contributed by atoms with Gasteiger partial charge < -0.3 is 4.74 Å². The van der Waals surface area contributed by atoms with Crippen molar-refractivity contribution in [3.05, 3.63) is 28.4 Å². The van der Waals surface area contributed by atoms with E-state index in [4.69, 9.17) is 8.22 Å². The zero-order chi connectivity index (χ0) is 12.7. The molecular weight excluding hydrogens is 199 g/mol. The van der Waals surface area contributed by atoms with Gasteiger partial charge in [-0.15, -0.1) is 0 Å². The summed E-state index contributed by atoms with van der Waals surface area (Å²) < 4.78 is 59.6. The van der Waals surface area contributed by atoms with Crippen LogP contribution in [0.3, 0.4) is 0 Å². The van der Waals surface area contributed by atoms with Crippen LogP contribution in [0.4, 0.5) is 4.39 Å². The normalized spacial score (nSPS) is 19.4. The van der Waals surface area contributed by atoms with Gasteiger partial charge in [0.1, 0.15) is 11.6 Å². The molecule has 0 saturated carbocycles. The molecule has 0 aliphatic carbocycles. The van der Waals surface area contributed by atoms with Crippen LogP contribution in [-0.4, -0.2) is 7.04 Å². The first-order valence-corrected chi connectivity index (χ1v) is 3.08. The van der Waals surface area contributed by atoms with Crippen molar-refractivity contribution in [3.8, 4) is 5.75 Å².